The summed E-state index contributed by atoms with van der Waals surface area (Å²) in [7, 11) is 0. The summed E-state index contributed by atoms with van der Waals surface area (Å²) in [6.45, 7) is 6.87. The van der Waals surface area contributed by atoms with Crippen molar-refractivity contribution in [2.75, 3.05) is 31.2 Å². The molecular formula is C23H20N2O4S. The van der Waals surface area contributed by atoms with Crippen LogP contribution < -0.4 is 10.3 Å². The van der Waals surface area contributed by atoms with Crippen molar-refractivity contribution in [2.45, 2.75) is 6.54 Å². The summed E-state index contributed by atoms with van der Waals surface area (Å²) in [6, 6.07) is 9.73. The van der Waals surface area contributed by atoms with Crippen molar-refractivity contribution in [2.24, 2.45) is 0 Å². The SMILES string of the molecule is C=C(C=O)Cn1ccc2ccc(-c3csc4c(=O)cc(N5CCOCC5)oc34)cc21. The molecule has 1 aliphatic rings. The van der Waals surface area contributed by atoms with Gasteiger partial charge in [-0.15, -0.1) is 11.3 Å². The molecular weight excluding hydrogens is 400 g/mol. The Balaban J connectivity index is 1.61. The number of carbonyl (C=O) groups excluding carboxylic acids is 1. The zero-order valence-corrected chi connectivity index (χ0v) is 17.1. The van der Waals surface area contributed by atoms with Crippen molar-refractivity contribution in [3.05, 3.63) is 64.3 Å². The number of aldehydes is 1. The molecule has 0 bridgehead atoms. The predicted octanol–water partition coefficient (Wildman–Crippen LogP) is 4.07. The van der Waals surface area contributed by atoms with E-state index < -0.39 is 0 Å². The van der Waals surface area contributed by atoms with Crippen molar-refractivity contribution in [3.8, 4) is 11.1 Å². The lowest BCUT2D eigenvalue weighted by Gasteiger charge is -2.27. The van der Waals surface area contributed by atoms with Crippen LogP contribution in [0.5, 0.6) is 0 Å². The molecule has 4 heterocycles. The highest BCUT2D eigenvalue weighted by Crippen LogP contribution is 2.36. The minimum Gasteiger partial charge on any atom is -0.439 e. The highest BCUT2D eigenvalue weighted by atomic mass is 32.1. The number of hydrogen-bond acceptors (Lipinski definition) is 6. The Kier molecular flexibility index (Phi) is 4.77. The van der Waals surface area contributed by atoms with E-state index in [0.717, 1.165) is 28.3 Å². The lowest BCUT2D eigenvalue weighted by Crippen LogP contribution is -2.36. The van der Waals surface area contributed by atoms with Crippen LogP contribution in [0.4, 0.5) is 5.88 Å². The fraction of sp³-hybridized carbons (Fsp3) is 0.217. The van der Waals surface area contributed by atoms with Gasteiger partial charge >= 0.3 is 0 Å². The summed E-state index contributed by atoms with van der Waals surface area (Å²) in [6.07, 6.45) is 2.73. The van der Waals surface area contributed by atoms with E-state index in [0.29, 0.717) is 54.6 Å². The van der Waals surface area contributed by atoms with Crippen molar-refractivity contribution in [1.29, 1.82) is 0 Å². The third-order valence-corrected chi connectivity index (χ3v) is 6.35. The highest BCUT2D eigenvalue weighted by Gasteiger charge is 2.19. The molecule has 1 fully saturated rings. The van der Waals surface area contributed by atoms with Crippen LogP contribution in [0.25, 0.3) is 32.3 Å². The van der Waals surface area contributed by atoms with Gasteiger partial charge in [0.05, 0.1) is 19.8 Å². The first kappa shape index (κ1) is 18.8. The zero-order chi connectivity index (χ0) is 20.7. The number of aromatic nitrogens is 1. The van der Waals surface area contributed by atoms with Gasteiger partial charge in [-0.1, -0.05) is 18.7 Å². The number of ether oxygens (including phenoxy) is 1. The van der Waals surface area contributed by atoms with Crippen LogP contribution >= 0.6 is 11.3 Å². The number of anilines is 1. The summed E-state index contributed by atoms with van der Waals surface area (Å²) < 4.78 is 14.3. The molecule has 1 aromatic carbocycles. The van der Waals surface area contributed by atoms with E-state index in [1.54, 1.807) is 6.07 Å². The third-order valence-electron chi connectivity index (χ3n) is 5.38. The summed E-state index contributed by atoms with van der Waals surface area (Å²) in [5.74, 6) is 0.585. The Morgan fingerprint density at radius 3 is 2.83 bits per heavy atom. The molecule has 0 N–H and O–H groups in total. The topological polar surface area (TPSA) is 64.7 Å². The summed E-state index contributed by atoms with van der Waals surface area (Å²) in [5.41, 5.74) is 3.96. The van der Waals surface area contributed by atoms with Crippen LogP contribution in [0.2, 0.25) is 0 Å². The third kappa shape index (κ3) is 3.26. The van der Waals surface area contributed by atoms with Crippen LogP contribution in [0, 0.1) is 0 Å². The second-order valence-electron chi connectivity index (χ2n) is 7.35. The zero-order valence-electron chi connectivity index (χ0n) is 16.3. The van der Waals surface area contributed by atoms with Crippen molar-refractivity contribution < 1.29 is 13.9 Å². The maximum Gasteiger partial charge on any atom is 0.204 e. The predicted molar refractivity (Wildman–Crippen MR) is 120 cm³/mol. The van der Waals surface area contributed by atoms with Gasteiger partial charge in [0.15, 0.2) is 11.5 Å². The fourth-order valence-electron chi connectivity index (χ4n) is 3.81. The van der Waals surface area contributed by atoms with E-state index in [-0.39, 0.29) is 5.43 Å². The second-order valence-corrected chi connectivity index (χ2v) is 8.23. The highest BCUT2D eigenvalue weighted by molar-refractivity contribution is 7.17. The average molecular weight is 420 g/mol. The molecule has 6 nitrogen and oxygen atoms in total. The second kappa shape index (κ2) is 7.59. The number of nitrogens with zero attached hydrogens (tertiary/aromatic N) is 2. The molecule has 0 atom stereocenters. The molecule has 152 valence electrons. The van der Waals surface area contributed by atoms with Crippen LogP contribution in [0.3, 0.4) is 0 Å². The average Bonchev–Trinajstić information content (AvgIpc) is 3.38. The van der Waals surface area contributed by atoms with Gasteiger partial charge in [-0.3, -0.25) is 9.59 Å². The number of thiophene rings is 1. The summed E-state index contributed by atoms with van der Waals surface area (Å²) in [4.78, 5) is 25.8. The smallest absolute Gasteiger partial charge is 0.204 e. The lowest BCUT2D eigenvalue weighted by atomic mass is 10.1. The molecule has 7 heteroatoms. The Morgan fingerprint density at radius 1 is 1.20 bits per heavy atom. The maximum absolute atomic E-state index is 12.7. The first-order valence-electron chi connectivity index (χ1n) is 9.74. The van der Waals surface area contributed by atoms with Crippen LogP contribution in [0.1, 0.15) is 0 Å². The molecule has 0 spiro atoms. The van der Waals surface area contributed by atoms with E-state index >= 15 is 0 Å². The Bertz CT molecular complexity index is 1320. The summed E-state index contributed by atoms with van der Waals surface area (Å²) >= 11 is 1.40. The van der Waals surface area contributed by atoms with E-state index in [2.05, 4.69) is 12.6 Å². The molecule has 4 aromatic rings. The Morgan fingerprint density at radius 2 is 2.03 bits per heavy atom. The van der Waals surface area contributed by atoms with Gasteiger partial charge < -0.3 is 18.6 Å². The molecule has 0 aliphatic carbocycles. The molecule has 1 saturated heterocycles. The molecule has 30 heavy (non-hydrogen) atoms. The first-order chi connectivity index (χ1) is 14.6. The fourth-order valence-corrected chi connectivity index (χ4v) is 4.73. The van der Waals surface area contributed by atoms with Gasteiger partial charge in [-0.2, -0.15) is 0 Å². The molecule has 1 aliphatic heterocycles. The van der Waals surface area contributed by atoms with Crippen LogP contribution in [0.15, 0.2) is 63.3 Å². The minimum absolute atomic E-state index is 0.0271. The maximum atomic E-state index is 12.7. The minimum atomic E-state index is -0.0271. The van der Waals surface area contributed by atoms with Gasteiger partial charge in [0.2, 0.25) is 5.43 Å². The van der Waals surface area contributed by atoms with Gasteiger partial charge in [0, 0.05) is 47.4 Å². The van der Waals surface area contributed by atoms with E-state index in [4.69, 9.17) is 9.15 Å². The van der Waals surface area contributed by atoms with Crippen molar-refractivity contribution >= 4 is 44.7 Å². The van der Waals surface area contributed by atoms with E-state index in [1.807, 2.05) is 39.2 Å². The molecule has 5 rings (SSSR count). The van der Waals surface area contributed by atoms with E-state index in [1.165, 1.54) is 11.3 Å². The number of fused-ring (bicyclic) bond motifs is 2. The molecule has 0 unspecified atom stereocenters. The number of hydrogen-bond donors (Lipinski definition) is 0. The largest absolute Gasteiger partial charge is 0.439 e. The van der Waals surface area contributed by atoms with Crippen molar-refractivity contribution in [1.82, 2.24) is 4.57 Å². The lowest BCUT2D eigenvalue weighted by molar-refractivity contribution is -0.105. The molecule has 0 saturated carbocycles. The number of carbonyl (C=O) groups is 1. The summed E-state index contributed by atoms with van der Waals surface area (Å²) in [5, 5.41) is 3.05. The number of benzene rings is 1. The van der Waals surface area contributed by atoms with E-state index in [9.17, 15) is 9.59 Å². The Labute approximate surface area is 176 Å². The Hall–Kier alpha value is -3.16. The monoisotopic (exact) mass is 420 g/mol. The standard InChI is InChI=1S/C23H20N2O4S/c1-15(13-26)12-25-5-4-16-2-3-17(10-19(16)25)18-14-30-23-20(27)11-21(29-22(18)23)24-6-8-28-9-7-24/h2-5,10-11,13-14H,1,6-9,12H2. The normalized spacial score (nSPS) is 14.5. The number of rotatable bonds is 5. The van der Waals surface area contributed by atoms with Gasteiger partial charge in [0.25, 0.3) is 0 Å². The van der Waals surface area contributed by atoms with Crippen LogP contribution in [-0.4, -0.2) is 37.2 Å². The van der Waals surface area contributed by atoms with Gasteiger partial charge in [-0.05, 0) is 23.1 Å². The quantitative estimate of drug-likeness (QED) is 0.360. The molecule has 0 radical (unpaired) electrons. The molecule has 0 amide bonds. The number of morpholine rings is 1. The van der Waals surface area contributed by atoms with Gasteiger partial charge in [-0.25, -0.2) is 0 Å². The van der Waals surface area contributed by atoms with Crippen molar-refractivity contribution in [3.63, 3.8) is 0 Å². The first-order valence-corrected chi connectivity index (χ1v) is 10.6. The van der Waals surface area contributed by atoms with Gasteiger partial charge in [0.1, 0.15) is 11.0 Å². The van der Waals surface area contributed by atoms with Crippen LogP contribution in [-0.2, 0) is 16.1 Å². The molecule has 3 aromatic heterocycles. The number of allylic oxidation sites excluding steroid dienone is 1.